The van der Waals surface area contributed by atoms with E-state index in [0.717, 1.165) is 5.56 Å². The van der Waals surface area contributed by atoms with Crippen molar-refractivity contribution in [3.63, 3.8) is 0 Å². The van der Waals surface area contributed by atoms with Crippen LogP contribution in [0.15, 0.2) is 36.9 Å². The van der Waals surface area contributed by atoms with Crippen molar-refractivity contribution in [3.05, 3.63) is 48.3 Å². The van der Waals surface area contributed by atoms with Crippen molar-refractivity contribution < 1.29 is 19.4 Å². The quantitative estimate of drug-likeness (QED) is 0.820. The van der Waals surface area contributed by atoms with E-state index in [1.807, 2.05) is 0 Å². The van der Waals surface area contributed by atoms with Crippen molar-refractivity contribution in [2.75, 3.05) is 6.54 Å². The molecular weight excluding hydrogens is 273 g/mol. The van der Waals surface area contributed by atoms with Crippen LogP contribution in [0, 0.1) is 5.82 Å². The zero-order valence-electron chi connectivity index (χ0n) is 11.8. The van der Waals surface area contributed by atoms with Gasteiger partial charge in [-0.25, -0.2) is 9.18 Å². The molecule has 1 fully saturated rings. The van der Waals surface area contributed by atoms with E-state index in [4.69, 9.17) is 0 Å². The van der Waals surface area contributed by atoms with Crippen molar-refractivity contribution in [1.29, 1.82) is 0 Å². The number of nitrogens with zero attached hydrogens (tertiary/aromatic N) is 1. The number of aliphatic hydroxyl groups is 1. The van der Waals surface area contributed by atoms with Crippen LogP contribution in [0.2, 0.25) is 0 Å². The number of carbonyl (C=O) groups is 1. The van der Waals surface area contributed by atoms with Gasteiger partial charge in [-0.15, -0.1) is 6.58 Å². The van der Waals surface area contributed by atoms with Crippen LogP contribution in [-0.4, -0.2) is 39.9 Å². The van der Waals surface area contributed by atoms with E-state index in [1.54, 1.807) is 18.2 Å². The van der Waals surface area contributed by atoms with Gasteiger partial charge in [0.15, 0.2) is 0 Å². The number of hydrogen-bond donors (Lipinski definition) is 2. The maximum atomic E-state index is 13.0. The number of allylic oxidation sites excluding steroid dienone is 1. The van der Waals surface area contributed by atoms with Crippen molar-refractivity contribution >= 4 is 6.09 Å². The summed E-state index contributed by atoms with van der Waals surface area (Å²) in [4.78, 5) is 12.6. The van der Waals surface area contributed by atoms with E-state index >= 15 is 0 Å². The summed E-state index contributed by atoms with van der Waals surface area (Å²) < 4.78 is 13.0. The highest BCUT2D eigenvalue weighted by molar-refractivity contribution is 5.66. The van der Waals surface area contributed by atoms with E-state index in [-0.39, 0.29) is 11.7 Å². The Bertz CT molecular complexity index is 503. The van der Waals surface area contributed by atoms with Gasteiger partial charge in [0.2, 0.25) is 0 Å². The molecule has 1 saturated heterocycles. The number of aliphatic hydroxyl groups excluding tert-OH is 1. The molecule has 1 aliphatic rings. The Morgan fingerprint density at radius 1 is 1.48 bits per heavy atom. The van der Waals surface area contributed by atoms with Gasteiger partial charge in [0.25, 0.3) is 0 Å². The fourth-order valence-corrected chi connectivity index (χ4v) is 3.05. The molecule has 2 rings (SSSR count). The topological polar surface area (TPSA) is 60.8 Å². The third-order valence-corrected chi connectivity index (χ3v) is 4.06. The number of halogens is 1. The summed E-state index contributed by atoms with van der Waals surface area (Å²) >= 11 is 0. The second-order valence-corrected chi connectivity index (χ2v) is 5.35. The van der Waals surface area contributed by atoms with Gasteiger partial charge in [0.1, 0.15) is 5.82 Å². The smallest absolute Gasteiger partial charge is 0.407 e. The third-order valence-electron chi connectivity index (χ3n) is 4.06. The fourth-order valence-electron chi connectivity index (χ4n) is 3.05. The largest absolute Gasteiger partial charge is 0.465 e. The first-order chi connectivity index (χ1) is 10.0. The third kappa shape index (κ3) is 3.42. The minimum atomic E-state index is -1.03. The molecule has 1 aromatic carbocycles. The summed E-state index contributed by atoms with van der Waals surface area (Å²) in [7, 11) is 0. The van der Waals surface area contributed by atoms with Crippen molar-refractivity contribution in [2.45, 2.75) is 37.3 Å². The summed E-state index contributed by atoms with van der Waals surface area (Å²) in [5.74, 6) is -0.433. The van der Waals surface area contributed by atoms with E-state index in [1.165, 1.54) is 17.0 Å². The average molecular weight is 293 g/mol. The van der Waals surface area contributed by atoms with Crippen LogP contribution in [0.25, 0.3) is 0 Å². The van der Waals surface area contributed by atoms with Gasteiger partial charge in [-0.2, -0.15) is 0 Å². The van der Waals surface area contributed by atoms with Crippen LogP contribution in [-0.2, 0) is 0 Å². The summed E-state index contributed by atoms with van der Waals surface area (Å²) in [5, 5.41) is 19.7. The van der Waals surface area contributed by atoms with E-state index in [0.29, 0.717) is 25.8 Å². The lowest BCUT2D eigenvalue weighted by molar-refractivity contribution is 0.0577. The number of likely N-dealkylation sites (tertiary alicyclic amines) is 1. The molecular formula is C16H20FNO3. The summed E-state index contributed by atoms with van der Waals surface area (Å²) in [6, 6.07) is 5.57. The Hall–Kier alpha value is -1.88. The predicted molar refractivity (Wildman–Crippen MR) is 77.7 cm³/mol. The van der Waals surface area contributed by atoms with E-state index in [2.05, 4.69) is 6.58 Å². The number of hydrogen-bond acceptors (Lipinski definition) is 2. The molecule has 1 aliphatic heterocycles. The molecule has 0 bridgehead atoms. The molecule has 2 N–H and O–H groups in total. The van der Waals surface area contributed by atoms with Gasteiger partial charge in [0, 0.05) is 12.5 Å². The highest BCUT2D eigenvalue weighted by Crippen LogP contribution is 2.36. The standard InChI is InChI=1S/C16H20FNO3/c1-2-3-4-14(19)15-13(9-10-18(15)16(20)21)11-5-7-12(17)8-6-11/h2,5-8,13-15,19H,1,3-4,9-10H2,(H,20,21). The van der Waals surface area contributed by atoms with Crippen molar-refractivity contribution in [1.82, 2.24) is 4.90 Å². The molecule has 0 aromatic heterocycles. The molecule has 0 saturated carbocycles. The maximum Gasteiger partial charge on any atom is 0.407 e. The van der Waals surface area contributed by atoms with Gasteiger partial charge < -0.3 is 15.1 Å². The normalized spacial score (nSPS) is 23.0. The zero-order chi connectivity index (χ0) is 15.4. The van der Waals surface area contributed by atoms with Gasteiger partial charge >= 0.3 is 6.09 Å². The van der Waals surface area contributed by atoms with Crippen molar-refractivity contribution in [2.24, 2.45) is 0 Å². The number of benzene rings is 1. The molecule has 21 heavy (non-hydrogen) atoms. The molecule has 1 aromatic rings. The van der Waals surface area contributed by atoms with Crippen LogP contribution < -0.4 is 0 Å². The molecule has 0 aliphatic carbocycles. The van der Waals surface area contributed by atoms with E-state index < -0.39 is 18.2 Å². The Labute approximate surface area is 123 Å². The maximum absolute atomic E-state index is 13.0. The van der Waals surface area contributed by atoms with Crippen LogP contribution in [0.1, 0.15) is 30.7 Å². The molecule has 0 radical (unpaired) electrons. The van der Waals surface area contributed by atoms with Crippen LogP contribution in [0.4, 0.5) is 9.18 Å². The fraction of sp³-hybridized carbons (Fsp3) is 0.438. The second-order valence-electron chi connectivity index (χ2n) is 5.35. The Morgan fingerprint density at radius 2 is 2.14 bits per heavy atom. The van der Waals surface area contributed by atoms with Gasteiger partial charge in [-0.3, -0.25) is 0 Å². The minimum absolute atomic E-state index is 0.110. The molecule has 1 amide bonds. The average Bonchev–Trinajstić information content (AvgIpc) is 2.90. The molecule has 3 atom stereocenters. The first kappa shape index (κ1) is 15.5. The molecule has 0 spiro atoms. The van der Waals surface area contributed by atoms with Crippen LogP contribution in [0.3, 0.4) is 0 Å². The number of amides is 1. The van der Waals surface area contributed by atoms with E-state index in [9.17, 15) is 19.4 Å². The van der Waals surface area contributed by atoms with Gasteiger partial charge in [0.05, 0.1) is 12.1 Å². The highest BCUT2D eigenvalue weighted by atomic mass is 19.1. The monoisotopic (exact) mass is 293 g/mol. The molecule has 1 heterocycles. The molecule has 4 nitrogen and oxygen atoms in total. The minimum Gasteiger partial charge on any atom is -0.465 e. The van der Waals surface area contributed by atoms with Gasteiger partial charge in [-0.05, 0) is 37.0 Å². The highest BCUT2D eigenvalue weighted by Gasteiger charge is 2.41. The summed E-state index contributed by atoms with van der Waals surface area (Å²) in [6.07, 6.45) is 1.65. The Balaban J connectivity index is 2.24. The van der Waals surface area contributed by atoms with Crippen LogP contribution >= 0.6 is 0 Å². The van der Waals surface area contributed by atoms with Crippen LogP contribution in [0.5, 0.6) is 0 Å². The second kappa shape index (κ2) is 6.72. The Morgan fingerprint density at radius 3 is 2.71 bits per heavy atom. The zero-order valence-corrected chi connectivity index (χ0v) is 11.8. The number of carboxylic acid groups (broad SMARTS) is 1. The molecule has 5 heteroatoms. The first-order valence-corrected chi connectivity index (χ1v) is 7.08. The molecule has 114 valence electrons. The van der Waals surface area contributed by atoms with Gasteiger partial charge in [-0.1, -0.05) is 18.2 Å². The summed E-state index contributed by atoms with van der Waals surface area (Å²) in [6.45, 7) is 4.00. The first-order valence-electron chi connectivity index (χ1n) is 7.08. The SMILES string of the molecule is C=CCCC(O)C1C(c2ccc(F)cc2)CCN1C(=O)O. The Kier molecular flexibility index (Phi) is 4.96. The predicted octanol–water partition coefficient (Wildman–Crippen LogP) is 2.99. The van der Waals surface area contributed by atoms with Crippen molar-refractivity contribution in [3.8, 4) is 0 Å². The number of rotatable bonds is 5. The summed E-state index contributed by atoms with van der Waals surface area (Å²) in [5.41, 5.74) is 0.864. The lowest BCUT2D eigenvalue weighted by Crippen LogP contribution is -2.44. The lowest BCUT2D eigenvalue weighted by Gasteiger charge is -2.30. The molecule has 3 unspecified atom stereocenters. The lowest BCUT2D eigenvalue weighted by atomic mass is 9.87.